The van der Waals surface area contributed by atoms with Gasteiger partial charge in [-0.25, -0.2) is 4.79 Å². The Balaban J connectivity index is 2.12. The van der Waals surface area contributed by atoms with E-state index in [-0.39, 0.29) is 18.0 Å². The lowest BCUT2D eigenvalue weighted by Gasteiger charge is -2.14. The average molecular weight is 371 g/mol. The molecule has 1 atom stereocenters. The summed E-state index contributed by atoms with van der Waals surface area (Å²) in [5, 5.41) is 16.2. The van der Waals surface area contributed by atoms with Crippen molar-refractivity contribution in [1.29, 1.82) is 0 Å². The maximum Gasteiger partial charge on any atom is 0.326 e. The van der Waals surface area contributed by atoms with Crippen molar-refractivity contribution in [2.75, 3.05) is 0 Å². The Morgan fingerprint density at radius 3 is 2.33 bits per heavy atom. The van der Waals surface area contributed by atoms with Gasteiger partial charge in [0, 0.05) is 28.5 Å². The molecular weight excluding hydrogens is 355 g/mol. The zero-order valence-electron chi connectivity index (χ0n) is 13.0. The first kappa shape index (κ1) is 18.3. The van der Waals surface area contributed by atoms with E-state index < -0.39 is 17.9 Å². The van der Waals surface area contributed by atoms with E-state index in [1.54, 1.807) is 18.2 Å². The van der Waals surface area contributed by atoms with Gasteiger partial charge in [0.15, 0.2) is 5.69 Å². The van der Waals surface area contributed by atoms with E-state index in [1.807, 2.05) is 13.8 Å². The standard InChI is InChI=1S/C16H16Cl2N2O4/c1-8(2)14-7-12(20-24-14)15(21)19-13(16(22)23)5-9-3-10(17)6-11(18)4-9/h3-4,6-8,13H,5H2,1-2H3,(H,19,21)(H,22,23). The van der Waals surface area contributed by atoms with Gasteiger partial charge in [-0.3, -0.25) is 4.79 Å². The van der Waals surface area contributed by atoms with Crippen molar-refractivity contribution < 1.29 is 19.2 Å². The van der Waals surface area contributed by atoms with Gasteiger partial charge in [0.1, 0.15) is 11.8 Å². The molecule has 0 saturated carbocycles. The minimum atomic E-state index is -1.17. The fraction of sp³-hybridized carbons (Fsp3) is 0.312. The maximum atomic E-state index is 12.2. The summed E-state index contributed by atoms with van der Waals surface area (Å²) in [7, 11) is 0. The van der Waals surface area contributed by atoms with Gasteiger partial charge in [-0.1, -0.05) is 42.2 Å². The van der Waals surface area contributed by atoms with E-state index in [0.29, 0.717) is 21.4 Å². The molecule has 0 aliphatic rings. The number of benzene rings is 1. The molecular formula is C16H16Cl2N2O4. The lowest BCUT2D eigenvalue weighted by atomic mass is 10.1. The van der Waals surface area contributed by atoms with E-state index in [2.05, 4.69) is 10.5 Å². The van der Waals surface area contributed by atoms with Crippen molar-refractivity contribution in [3.05, 3.63) is 51.3 Å². The molecule has 128 valence electrons. The number of carbonyl (C=O) groups excluding carboxylic acids is 1. The number of halogens is 2. The third-order valence-electron chi connectivity index (χ3n) is 3.30. The fourth-order valence-corrected chi connectivity index (χ4v) is 2.64. The molecule has 2 aromatic rings. The smallest absolute Gasteiger partial charge is 0.326 e. The highest BCUT2D eigenvalue weighted by Gasteiger charge is 2.23. The fourth-order valence-electron chi connectivity index (χ4n) is 2.07. The quantitative estimate of drug-likeness (QED) is 0.811. The predicted octanol–water partition coefficient (Wildman–Crippen LogP) is 3.53. The van der Waals surface area contributed by atoms with E-state index in [9.17, 15) is 14.7 Å². The molecule has 0 fully saturated rings. The van der Waals surface area contributed by atoms with Crippen molar-refractivity contribution in [2.24, 2.45) is 0 Å². The van der Waals surface area contributed by atoms with Gasteiger partial charge < -0.3 is 14.9 Å². The van der Waals surface area contributed by atoms with Crippen molar-refractivity contribution in [3.8, 4) is 0 Å². The van der Waals surface area contributed by atoms with Gasteiger partial charge in [0.05, 0.1) is 0 Å². The number of amides is 1. The number of aliphatic carboxylic acids is 1. The van der Waals surface area contributed by atoms with Gasteiger partial charge in [-0.15, -0.1) is 0 Å². The lowest BCUT2D eigenvalue weighted by molar-refractivity contribution is -0.139. The zero-order valence-corrected chi connectivity index (χ0v) is 14.6. The summed E-state index contributed by atoms with van der Waals surface area (Å²) in [4.78, 5) is 23.6. The molecule has 0 saturated heterocycles. The molecule has 0 spiro atoms. The highest BCUT2D eigenvalue weighted by Crippen LogP contribution is 2.20. The Morgan fingerprint density at radius 2 is 1.83 bits per heavy atom. The summed E-state index contributed by atoms with van der Waals surface area (Å²) in [6.45, 7) is 3.79. The van der Waals surface area contributed by atoms with Crippen LogP contribution in [0.5, 0.6) is 0 Å². The van der Waals surface area contributed by atoms with Gasteiger partial charge in [0.2, 0.25) is 0 Å². The number of nitrogens with zero attached hydrogens (tertiary/aromatic N) is 1. The summed E-state index contributed by atoms with van der Waals surface area (Å²) < 4.78 is 5.05. The normalized spacial score (nSPS) is 12.2. The van der Waals surface area contributed by atoms with Crippen LogP contribution < -0.4 is 5.32 Å². The molecule has 0 aliphatic heterocycles. The highest BCUT2D eigenvalue weighted by molar-refractivity contribution is 6.34. The van der Waals surface area contributed by atoms with Crippen molar-refractivity contribution in [2.45, 2.75) is 32.2 Å². The molecule has 24 heavy (non-hydrogen) atoms. The van der Waals surface area contributed by atoms with Crippen molar-refractivity contribution in [3.63, 3.8) is 0 Å². The van der Waals surface area contributed by atoms with Gasteiger partial charge in [0.25, 0.3) is 5.91 Å². The number of carboxylic acids is 1. The molecule has 1 aromatic carbocycles. The third-order valence-corrected chi connectivity index (χ3v) is 3.73. The molecule has 2 N–H and O–H groups in total. The number of carbonyl (C=O) groups is 2. The van der Waals surface area contributed by atoms with E-state index in [1.165, 1.54) is 6.07 Å². The SMILES string of the molecule is CC(C)c1cc(C(=O)NC(Cc2cc(Cl)cc(Cl)c2)C(=O)O)no1. The van der Waals surface area contributed by atoms with Crippen LogP contribution in [0.2, 0.25) is 10.0 Å². The minimum Gasteiger partial charge on any atom is -0.480 e. The molecule has 0 bridgehead atoms. The molecule has 0 aliphatic carbocycles. The second-order valence-electron chi connectivity index (χ2n) is 5.62. The van der Waals surface area contributed by atoms with Crippen LogP contribution in [0.15, 0.2) is 28.8 Å². The van der Waals surface area contributed by atoms with Crippen LogP contribution in [0.1, 0.15) is 41.6 Å². The highest BCUT2D eigenvalue weighted by atomic mass is 35.5. The molecule has 1 heterocycles. The van der Waals surface area contributed by atoms with Crippen LogP contribution in [0, 0.1) is 0 Å². The zero-order chi connectivity index (χ0) is 17.9. The Morgan fingerprint density at radius 1 is 1.21 bits per heavy atom. The van der Waals surface area contributed by atoms with Crippen molar-refractivity contribution >= 4 is 35.1 Å². The van der Waals surface area contributed by atoms with Gasteiger partial charge in [-0.2, -0.15) is 0 Å². The molecule has 1 aromatic heterocycles. The number of aromatic nitrogens is 1. The largest absolute Gasteiger partial charge is 0.480 e. The second kappa shape index (κ2) is 7.68. The van der Waals surface area contributed by atoms with E-state index >= 15 is 0 Å². The summed E-state index contributed by atoms with van der Waals surface area (Å²) >= 11 is 11.8. The van der Waals surface area contributed by atoms with Gasteiger partial charge >= 0.3 is 5.97 Å². The second-order valence-corrected chi connectivity index (χ2v) is 6.49. The lowest BCUT2D eigenvalue weighted by Crippen LogP contribution is -2.42. The monoisotopic (exact) mass is 370 g/mol. The first-order valence-corrected chi connectivity index (χ1v) is 7.97. The van der Waals surface area contributed by atoms with Crippen LogP contribution in [-0.4, -0.2) is 28.2 Å². The summed E-state index contributed by atoms with van der Waals surface area (Å²) in [5.74, 6) is -1.17. The van der Waals surface area contributed by atoms with Crippen LogP contribution in [-0.2, 0) is 11.2 Å². The maximum absolute atomic E-state index is 12.2. The summed E-state index contributed by atoms with van der Waals surface area (Å²) in [6, 6.07) is 5.09. The number of hydrogen-bond acceptors (Lipinski definition) is 4. The molecule has 1 unspecified atom stereocenters. The Hall–Kier alpha value is -2.05. The number of hydrogen-bond donors (Lipinski definition) is 2. The van der Waals surface area contributed by atoms with Gasteiger partial charge in [-0.05, 0) is 23.8 Å². The Bertz CT molecular complexity index is 738. The molecule has 0 radical (unpaired) electrons. The Labute approximate surface area is 148 Å². The minimum absolute atomic E-state index is 0.0362. The van der Waals surface area contributed by atoms with Crippen LogP contribution in [0.25, 0.3) is 0 Å². The molecule has 1 amide bonds. The molecule has 6 nitrogen and oxygen atoms in total. The Kier molecular flexibility index (Phi) is 5.85. The van der Waals surface area contributed by atoms with Crippen LogP contribution in [0.4, 0.5) is 0 Å². The van der Waals surface area contributed by atoms with Crippen LogP contribution in [0.3, 0.4) is 0 Å². The topological polar surface area (TPSA) is 92.4 Å². The average Bonchev–Trinajstić information content (AvgIpc) is 2.95. The third kappa shape index (κ3) is 4.72. The van der Waals surface area contributed by atoms with E-state index in [4.69, 9.17) is 27.7 Å². The predicted molar refractivity (Wildman–Crippen MR) is 89.6 cm³/mol. The van der Waals surface area contributed by atoms with Crippen LogP contribution >= 0.6 is 23.2 Å². The summed E-state index contributed by atoms with van der Waals surface area (Å²) in [5.41, 5.74) is 0.636. The number of rotatable bonds is 6. The van der Waals surface area contributed by atoms with E-state index in [0.717, 1.165) is 0 Å². The number of nitrogens with one attached hydrogen (secondary N) is 1. The molecule has 8 heteroatoms. The first-order valence-electron chi connectivity index (χ1n) is 7.21. The summed E-state index contributed by atoms with van der Waals surface area (Å²) in [6.07, 6.45) is 0.0379. The number of carboxylic acid groups (broad SMARTS) is 1. The van der Waals surface area contributed by atoms with Crippen molar-refractivity contribution in [1.82, 2.24) is 10.5 Å². The first-order chi connectivity index (χ1) is 11.3. The molecule has 2 rings (SSSR count).